The molecule has 4 nitrogen and oxygen atoms in total. The van der Waals surface area contributed by atoms with Gasteiger partial charge in [0.1, 0.15) is 5.82 Å². The van der Waals surface area contributed by atoms with E-state index in [4.69, 9.17) is 0 Å². The van der Waals surface area contributed by atoms with E-state index in [0.29, 0.717) is 17.8 Å². The van der Waals surface area contributed by atoms with Crippen molar-refractivity contribution >= 4 is 17.5 Å². The molecule has 5 heteroatoms. The number of hydrogen-bond donors (Lipinski definition) is 2. The fourth-order valence-corrected chi connectivity index (χ4v) is 1.77. The first-order valence-corrected chi connectivity index (χ1v) is 6.45. The molecular formula is C16H15FN2O2. The fourth-order valence-electron chi connectivity index (χ4n) is 1.77. The van der Waals surface area contributed by atoms with E-state index < -0.39 is 5.82 Å². The lowest BCUT2D eigenvalue weighted by Gasteiger charge is -2.07. The van der Waals surface area contributed by atoms with Gasteiger partial charge in [0.2, 0.25) is 5.91 Å². The molecule has 0 aliphatic carbocycles. The summed E-state index contributed by atoms with van der Waals surface area (Å²) in [6.07, 6.45) is 0. The molecule has 21 heavy (non-hydrogen) atoms. The first-order chi connectivity index (χ1) is 10.0. The van der Waals surface area contributed by atoms with Crippen LogP contribution in [0.25, 0.3) is 0 Å². The van der Waals surface area contributed by atoms with E-state index in [9.17, 15) is 14.0 Å². The van der Waals surface area contributed by atoms with Crippen molar-refractivity contribution in [2.75, 3.05) is 5.32 Å². The van der Waals surface area contributed by atoms with Crippen molar-refractivity contribution in [3.8, 4) is 0 Å². The monoisotopic (exact) mass is 286 g/mol. The summed E-state index contributed by atoms with van der Waals surface area (Å²) in [6, 6.07) is 12.5. The van der Waals surface area contributed by atoms with E-state index in [2.05, 4.69) is 10.6 Å². The second-order valence-electron chi connectivity index (χ2n) is 4.57. The maximum atomic E-state index is 13.0. The van der Waals surface area contributed by atoms with Gasteiger partial charge in [-0.3, -0.25) is 9.59 Å². The average Bonchev–Trinajstić information content (AvgIpc) is 2.45. The van der Waals surface area contributed by atoms with Crippen molar-refractivity contribution in [1.82, 2.24) is 5.32 Å². The van der Waals surface area contributed by atoms with Crippen molar-refractivity contribution in [3.63, 3.8) is 0 Å². The number of nitrogens with one attached hydrogen (secondary N) is 2. The second kappa shape index (κ2) is 6.65. The Bertz CT molecular complexity index is 654. The highest BCUT2D eigenvalue weighted by Gasteiger charge is 2.06. The van der Waals surface area contributed by atoms with E-state index in [1.807, 2.05) is 0 Å². The molecule has 0 radical (unpaired) electrons. The number of amides is 2. The third kappa shape index (κ3) is 4.42. The van der Waals surface area contributed by atoms with E-state index in [-0.39, 0.29) is 11.8 Å². The normalized spacial score (nSPS) is 10.0. The molecule has 108 valence electrons. The summed E-state index contributed by atoms with van der Waals surface area (Å²) in [6.45, 7) is 1.86. The molecule has 0 aromatic heterocycles. The van der Waals surface area contributed by atoms with Crippen LogP contribution in [0.15, 0.2) is 48.5 Å². The molecule has 0 heterocycles. The predicted octanol–water partition coefficient (Wildman–Crippen LogP) is 2.71. The zero-order chi connectivity index (χ0) is 15.2. The Morgan fingerprint density at radius 1 is 1.10 bits per heavy atom. The van der Waals surface area contributed by atoms with E-state index in [0.717, 1.165) is 5.56 Å². The lowest BCUT2D eigenvalue weighted by atomic mass is 10.1. The van der Waals surface area contributed by atoms with Gasteiger partial charge in [0.05, 0.1) is 0 Å². The van der Waals surface area contributed by atoms with Crippen molar-refractivity contribution in [2.24, 2.45) is 0 Å². The van der Waals surface area contributed by atoms with Crippen LogP contribution in [-0.4, -0.2) is 11.8 Å². The molecule has 2 rings (SSSR count). The molecule has 0 saturated heterocycles. The molecule has 2 N–H and O–H groups in total. The highest BCUT2D eigenvalue weighted by molar-refractivity contribution is 6.04. The van der Waals surface area contributed by atoms with Crippen LogP contribution in [0.5, 0.6) is 0 Å². The number of benzene rings is 2. The Kier molecular flexibility index (Phi) is 4.66. The molecular weight excluding hydrogens is 271 g/mol. The van der Waals surface area contributed by atoms with Gasteiger partial charge in [0.15, 0.2) is 0 Å². The number of carbonyl (C=O) groups excluding carboxylic acids is 2. The van der Waals surface area contributed by atoms with Gasteiger partial charge in [-0.1, -0.05) is 18.2 Å². The minimum atomic E-state index is -0.404. The third-order valence-corrected chi connectivity index (χ3v) is 2.84. The molecule has 0 aliphatic rings. The average molecular weight is 286 g/mol. The number of anilines is 1. The van der Waals surface area contributed by atoms with Gasteiger partial charge in [-0.25, -0.2) is 4.39 Å². The van der Waals surface area contributed by atoms with E-state index in [1.165, 1.54) is 25.1 Å². The largest absolute Gasteiger partial charge is 0.352 e. The standard InChI is InChI=1S/C16H15FN2O2/c1-11(20)18-10-12-5-7-13(8-6-12)16(21)19-15-4-2-3-14(17)9-15/h2-9H,10H2,1H3,(H,18,20)(H,19,21). The van der Waals surface area contributed by atoms with Crippen molar-refractivity contribution in [2.45, 2.75) is 13.5 Å². The van der Waals surface area contributed by atoms with Gasteiger partial charge in [0, 0.05) is 24.7 Å². The topological polar surface area (TPSA) is 58.2 Å². The number of carbonyl (C=O) groups is 2. The Labute approximate surface area is 122 Å². The van der Waals surface area contributed by atoms with Crippen molar-refractivity contribution in [3.05, 3.63) is 65.5 Å². The second-order valence-corrected chi connectivity index (χ2v) is 4.57. The zero-order valence-electron chi connectivity index (χ0n) is 11.5. The van der Waals surface area contributed by atoms with Gasteiger partial charge < -0.3 is 10.6 Å². The molecule has 0 unspecified atom stereocenters. The molecule has 0 atom stereocenters. The highest BCUT2D eigenvalue weighted by Crippen LogP contribution is 2.12. The molecule has 2 amide bonds. The Morgan fingerprint density at radius 3 is 2.43 bits per heavy atom. The van der Waals surface area contributed by atoms with Crippen LogP contribution in [0.2, 0.25) is 0 Å². The summed E-state index contributed by atoms with van der Waals surface area (Å²) >= 11 is 0. The lowest BCUT2D eigenvalue weighted by Crippen LogP contribution is -2.19. The smallest absolute Gasteiger partial charge is 0.255 e. The number of halogens is 1. The molecule has 0 fully saturated rings. The summed E-state index contributed by atoms with van der Waals surface area (Å²) in [5, 5.41) is 5.30. The summed E-state index contributed by atoms with van der Waals surface area (Å²) in [7, 11) is 0. The van der Waals surface area contributed by atoms with Gasteiger partial charge in [-0.2, -0.15) is 0 Å². The van der Waals surface area contributed by atoms with Crippen LogP contribution in [0.1, 0.15) is 22.8 Å². The highest BCUT2D eigenvalue weighted by atomic mass is 19.1. The Hall–Kier alpha value is -2.69. The summed E-state index contributed by atoms with van der Waals surface area (Å²) in [5.74, 6) is -0.826. The van der Waals surface area contributed by atoms with Crippen LogP contribution >= 0.6 is 0 Å². The quantitative estimate of drug-likeness (QED) is 0.908. The molecule has 0 spiro atoms. The minimum Gasteiger partial charge on any atom is -0.352 e. The lowest BCUT2D eigenvalue weighted by molar-refractivity contribution is -0.119. The van der Waals surface area contributed by atoms with Gasteiger partial charge >= 0.3 is 0 Å². The molecule has 0 aliphatic heterocycles. The molecule has 2 aromatic rings. The van der Waals surface area contributed by atoms with Crippen LogP contribution in [-0.2, 0) is 11.3 Å². The molecule has 0 saturated carbocycles. The maximum Gasteiger partial charge on any atom is 0.255 e. The van der Waals surface area contributed by atoms with Crippen LogP contribution < -0.4 is 10.6 Å². The number of hydrogen-bond acceptors (Lipinski definition) is 2. The molecule has 0 bridgehead atoms. The first kappa shape index (κ1) is 14.7. The summed E-state index contributed by atoms with van der Waals surface area (Å²) in [5.41, 5.74) is 1.76. The fraction of sp³-hybridized carbons (Fsp3) is 0.125. The molecule has 2 aromatic carbocycles. The van der Waals surface area contributed by atoms with Crippen LogP contribution in [0.4, 0.5) is 10.1 Å². The van der Waals surface area contributed by atoms with E-state index in [1.54, 1.807) is 30.3 Å². The maximum absolute atomic E-state index is 13.0. The van der Waals surface area contributed by atoms with Gasteiger partial charge in [0.25, 0.3) is 5.91 Å². The van der Waals surface area contributed by atoms with Crippen molar-refractivity contribution < 1.29 is 14.0 Å². The SMILES string of the molecule is CC(=O)NCc1ccc(C(=O)Nc2cccc(F)c2)cc1. The minimum absolute atomic E-state index is 0.108. The third-order valence-electron chi connectivity index (χ3n) is 2.84. The van der Waals surface area contributed by atoms with Gasteiger partial charge in [-0.15, -0.1) is 0 Å². The first-order valence-electron chi connectivity index (χ1n) is 6.45. The Morgan fingerprint density at radius 2 is 1.81 bits per heavy atom. The van der Waals surface area contributed by atoms with Crippen LogP contribution in [0.3, 0.4) is 0 Å². The zero-order valence-corrected chi connectivity index (χ0v) is 11.5. The number of rotatable bonds is 4. The van der Waals surface area contributed by atoms with E-state index >= 15 is 0 Å². The summed E-state index contributed by atoms with van der Waals surface area (Å²) in [4.78, 5) is 22.8. The van der Waals surface area contributed by atoms with Gasteiger partial charge in [-0.05, 0) is 35.9 Å². The van der Waals surface area contributed by atoms with Crippen molar-refractivity contribution in [1.29, 1.82) is 0 Å². The predicted molar refractivity (Wildman–Crippen MR) is 78.3 cm³/mol. The Balaban J connectivity index is 2.01. The summed E-state index contributed by atoms with van der Waals surface area (Å²) < 4.78 is 13.0. The van der Waals surface area contributed by atoms with Crippen LogP contribution in [0, 0.1) is 5.82 Å².